The largest absolute Gasteiger partial charge is 0.465 e. The van der Waals surface area contributed by atoms with Gasteiger partial charge in [-0.3, -0.25) is 9.48 Å². The van der Waals surface area contributed by atoms with Crippen molar-refractivity contribution < 1.29 is 9.90 Å². The number of aryl methyl sites for hydroxylation is 2. The molecule has 10 heteroatoms. The number of nitrogens with one attached hydrogen (secondary N) is 1. The topological polar surface area (TPSA) is 128 Å². The second-order valence-corrected chi connectivity index (χ2v) is 7.57. The molecule has 0 fully saturated rings. The molecule has 1 aromatic carbocycles. The molecule has 0 saturated heterocycles. The summed E-state index contributed by atoms with van der Waals surface area (Å²) in [5.41, 5.74) is 3.79. The van der Waals surface area contributed by atoms with Crippen LogP contribution in [0.2, 0.25) is 0 Å². The number of nitrogens with zero attached hydrogens (tertiary/aromatic N) is 6. The van der Waals surface area contributed by atoms with E-state index in [1.807, 2.05) is 37.5 Å². The number of rotatable bonds is 8. The third-order valence-corrected chi connectivity index (χ3v) is 5.02. The van der Waals surface area contributed by atoms with Gasteiger partial charge in [0.1, 0.15) is 11.4 Å². The Labute approximate surface area is 189 Å². The molecule has 4 rings (SSSR count). The van der Waals surface area contributed by atoms with E-state index in [2.05, 4.69) is 25.5 Å². The van der Waals surface area contributed by atoms with Crippen LogP contribution in [0.4, 0.5) is 4.79 Å². The summed E-state index contributed by atoms with van der Waals surface area (Å²) in [4.78, 5) is 31.8. The van der Waals surface area contributed by atoms with Gasteiger partial charge in [0.05, 0.1) is 12.4 Å². The Morgan fingerprint density at radius 1 is 1.12 bits per heavy atom. The van der Waals surface area contributed by atoms with E-state index in [4.69, 9.17) is 5.11 Å². The van der Waals surface area contributed by atoms with Crippen LogP contribution in [0, 0.1) is 0 Å². The van der Waals surface area contributed by atoms with Crippen LogP contribution < -0.4 is 10.7 Å². The first kappa shape index (κ1) is 21.9. The van der Waals surface area contributed by atoms with Gasteiger partial charge in [-0.25, -0.2) is 19.4 Å². The molecule has 0 aliphatic carbocycles. The first-order chi connectivity index (χ1) is 16.0. The number of benzene rings is 1. The molecule has 3 aromatic heterocycles. The quantitative estimate of drug-likeness (QED) is 0.398. The van der Waals surface area contributed by atoms with Crippen molar-refractivity contribution in [2.45, 2.75) is 19.3 Å². The second kappa shape index (κ2) is 9.86. The molecular formula is C23H23N7O3. The first-order valence-corrected chi connectivity index (χ1v) is 10.4. The normalized spacial score (nSPS) is 10.8. The monoisotopic (exact) mass is 445 g/mol. The summed E-state index contributed by atoms with van der Waals surface area (Å²) in [5.74, 6) is 0.582. The lowest BCUT2D eigenvalue weighted by molar-refractivity contribution is 0.194. The minimum absolute atomic E-state index is 0.126. The second-order valence-electron chi connectivity index (χ2n) is 7.57. The Bertz CT molecular complexity index is 1310. The van der Waals surface area contributed by atoms with Crippen molar-refractivity contribution >= 4 is 6.09 Å². The van der Waals surface area contributed by atoms with E-state index < -0.39 is 6.09 Å². The van der Waals surface area contributed by atoms with Crippen LogP contribution in [0.15, 0.2) is 66.1 Å². The Hall–Kier alpha value is -4.34. The lowest BCUT2D eigenvalue weighted by Crippen LogP contribution is -2.22. The maximum Gasteiger partial charge on any atom is 0.404 e. The first-order valence-electron chi connectivity index (χ1n) is 10.4. The molecule has 0 bridgehead atoms. The average Bonchev–Trinajstić information content (AvgIpc) is 3.25. The summed E-state index contributed by atoms with van der Waals surface area (Å²) >= 11 is 0. The average molecular weight is 445 g/mol. The molecule has 0 aliphatic heterocycles. The summed E-state index contributed by atoms with van der Waals surface area (Å²) < 4.78 is 3.32. The number of hydrogen-bond acceptors (Lipinski definition) is 6. The van der Waals surface area contributed by atoms with Gasteiger partial charge in [0.25, 0.3) is 0 Å². The highest BCUT2D eigenvalue weighted by molar-refractivity contribution is 5.64. The van der Waals surface area contributed by atoms with Crippen LogP contribution in [-0.4, -0.2) is 47.3 Å². The van der Waals surface area contributed by atoms with Crippen LogP contribution in [0.1, 0.15) is 23.2 Å². The van der Waals surface area contributed by atoms with Crippen molar-refractivity contribution in [1.82, 2.24) is 34.8 Å². The summed E-state index contributed by atoms with van der Waals surface area (Å²) in [6, 6.07) is 9.22. The smallest absolute Gasteiger partial charge is 0.404 e. The van der Waals surface area contributed by atoms with Gasteiger partial charge in [-0.1, -0.05) is 18.2 Å². The zero-order valence-electron chi connectivity index (χ0n) is 18.0. The lowest BCUT2D eigenvalue weighted by Gasteiger charge is -2.07. The molecule has 4 aromatic rings. The molecule has 10 nitrogen and oxygen atoms in total. The molecule has 0 unspecified atom stereocenters. The van der Waals surface area contributed by atoms with E-state index in [-0.39, 0.29) is 5.43 Å². The van der Waals surface area contributed by atoms with Crippen molar-refractivity contribution in [3.05, 3.63) is 88.4 Å². The fraction of sp³-hybridized carbons (Fsp3) is 0.217. The number of carboxylic acid groups (broad SMARTS) is 1. The van der Waals surface area contributed by atoms with Gasteiger partial charge in [0, 0.05) is 50.2 Å². The number of carbonyl (C=O) groups is 1. The van der Waals surface area contributed by atoms with Crippen LogP contribution in [0.5, 0.6) is 0 Å². The van der Waals surface area contributed by atoms with E-state index in [1.54, 1.807) is 34.2 Å². The van der Waals surface area contributed by atoms with Gasteiger partial charge < -0.3 is 10.4 Å². The molecule has 33 heavy (non-hydrogen) atoms. The molecule has 168 valence electrons. The van der Waals surface area contributed by atoms with Gasteiger partial charge in [0.2, 0.25) is 5.43 Å². The summed E-state index contributed by atoms with van der Waals surface area (Å²) in [7, 11) is 1.82. The molecule has 0 radical (unpaired) electrons. The third-order valence-electron chi connectivity index (χ3n) is 5.02. The van der Waals surface area contributed by atoms with Crippen LogP contribution in [-0.2, 0) is 19.9 Å². The highest BCUT2D eigenvalue weighted by Crippen LogP contribution is 2.18. The molecule has 0 atom stereocenters. The minimum atomic E-state index is -1.02. The zero-order chi connectivity index (χ0) is 23.2. The van der Waals surface area contributed by atoms with Gasteiger partial charge in [-0.05, 0) is 30.0 Å². The molecule has 0 spiro atoms. The van der Waals surface area contributed by atoms with E-state index >= 15 is 0 Å². The lowest BCUT2D eigenvalue weighted by atomic mass is 10.1. The van der Waals surface area contributed by atoms with Crippen molar-refractivity contribution in [3.8, 4) is 17.1 Å². The van der Waals surface area contributed by atoms with E-state index in [1.165, 1.54) is 6.07 Å². The molecule has 0 aliphatic rings. The number of hydrogen-bond donors (Lipinski definition) is 2. The van der Waals surface area contributed by atoms with Crippen molar-refractivity contribution in [1.29, 1.82) is 0 Å². The molecular weight excluding hydrogens is 422 g/mol. The van der Waals surface area contributed by atoms with Crippen molar-refractivity contribution in [3.63, 3.8) is 0 Å². The fourth-order valence-electron chi connectivity index (χ4n) is 3.37. The van der Waals surface area contributed by atoms with Crippen LogP contribution in [0.3, 0.4) is 0 Å². The fourth-order valence-corrected chi connectivity index (χ4v) is 3.37. The van der Waals surface area contributed by atoms with E-state index in [0.717, 1.165) is 22.4 Å². The maximum atomic E-state index is 12.4. The summed E-state index contributed by atoms with van der Waals surface area (Å²) in [5, 5.41) is 19.6. The van der Waals surface area contributed by atoms with Crippen molar-refractivity contribution in [2.24, 2.45) is 7.05 Å². The standard InChI is InChI=1S/C23H23N7O3/c1-29-15-19(14-27-29)30-9-7-21(31)20(28-30)11-16-4-2-6-18(10-16)22-25-12-17(13-26-22)5-3-8-24-23(32)33/h2,4,6-7,9-10,12-15,24H,3,5,8,11H2,1H3,(H,32,33). The molecule has 2 N–H and O–H groups in total. The summed E-state index contributed by atoms with van der Waals surface area (Å²) in [6.45, 7) is 0.384. The Morgan fingerprint density at radius 2 is 1.94 bits per heavy atom. The summed E-state index contributed by atoms with van der Waals surface area (Å²) in [6.07, 6.45) is 9.35. The van der Waals surface area contributed by atoms with Gasteiger partial charge in [-0.15, -0.1) is 0 Å². The molecule has 3 heterocycles. The Morgan fingerprint density at radius 3 is 2.67 bits per heavy atom. The van der Waals surface area contributed by atoms with Crippen molar-refractivity contribution in [2.75, 3.05) is 6.54 Å². The highest BCUT2D eigenvalue weighted by Gasteiger charge is 2.09. The Kier molecular flexibility index (Phi) is 6.53. The SMILES string of the molecule is Cn1cc(-n2ccc(=O)c(Cc3cccc(-c4ncc(CCCNC(=O)O)cn4)c3)n2)cn1. The van der Waals surface area contributed by atoms with E-state index in [0.29, 0.717) is 37.3 Å². The van der Waals surface area contributed by atoms with Crippen LogP contribution in [0.25, 0.3) is 17.1 Å². The maximum absolute atomic E-state index is 12.4. The van der Waals surface area contributed by atoms with E-state index in [9.17, 15) is 9.59 Å². The minimum Gasteiger partial charge on any atom is -0.465 e. The number of amides is 1. The van der Waals surface area contributed by atoms with Crippen LogP contribution >= 0.6 is 0 Å². The highest BCUT2D eigenvalue weighted by atomic mass is 16.4. The van der Waals surface area contributed by atoms with Gasteiger partial charge in [0.15, 0.2) is 5.82 Å². The van der Waals surface area contributed by atoms with Gasteiger partial charge >= 0.3 is 6.09 Å². The predicted molar refractivity (Wildman–Crippen MR) is 121 cm³/mol. The van der Waals surface area contributed by atoms with Gasteiger partial charge in [-0.2, -0.15) is 10.2 Å². The molecule has 1 amide bonds. The predicted octanol–water partition coefficient (Wildman–Crippen LogP) is 2.21. The molecule has 0 saturated carbocycles. The Balaban J connectivity index is 1.47. The third kappa shape index (κ3) is 5.67. The zero-order valence-corrected chi connectivity index (χ0v) is 18.0. The number of aromatic nitrogens is 6.